The van der Waals surface area contributed by atoms with Crippen LogP contribution in [-0.4, -0.2) is 48.1 Å². The number of hydrogen-bond donors (Lipinski definition) is 3. The molecule has 5 heteroatoms. The predicted octanol–water partition coefficient (Wildman–Crippen LogP) is 2.94. The van der Waals surface area contributed by atoms with E-state index in [0.717, 1.165) is 50.1 Å². The van der Waals surface area contributed by atoms with Crippen LogP contribution in [0.1, 0.15) is 24.0 Å². The zero-order valence-electron chi connectivity index (χ0n) is 15.8. The lowest BCUT2D eigenvalue weighted by Gasteiger charge is -2.42. The van der Waals surface area contributed by atoms with E-state index < -0.39 is 0 Å². The predicted molar refractivity (Wildman–Crippen MR) is 111 cm³/mol. The molecule has 1 fully saturated rings. The fourth-order valence-electron chi connectivity index (χ4n) is 4.21. The molecule has 4 N–H and O–H groups in total. The molecule has 2 aliphatic heterocycles. The number of nitrogens with zero attached hydrogens (tertiary/aromatic N) is 2. The van der Waals surface area contributed by atoms with Gasteiger partial charge in [-0.25, -0.2) is 0 Å². The first-order valence-corrected chi connectivity index (χ1v) is 9.93. The van der Waals surface area contributed by atoms with Gasteiger partial charge in [0.15, 0.2) is 0 Å². The highest BCUT2D eigenvalue weighted by molar-refractivity contribution is 6.03. The van der Waals surface area contributed by atoms with Crippen LogP contribution in [0, 0.1) is 11.3 Å². The van der Waals surface area contributed by atoms with Crippen molar-refractivity contribution in [3.8, 4) is 0 Å². The summed E-state index contributed by atoms with van der Waals surface area (Å²) in [5.74, 6) is 0.980. The maximum atomic E-state index is 8.57. The smallest absolute Gasteiger partial charge is 0.132 e. The van der Waals surface area contributed by atoms with Crippen LogP contribution in [0.5, 0.6) is 0 Å². The fraction of sp³-hybridized carbons (Fsp3) is 0.409. The van der Waals surface area contributed by atoms with Gasteiger partial charge in [0.2, 0.25) is 0 Å². The lowest BCUT2D eigenvalue weighted by atomic mass is 9.92. The van der Waals surface area contributed by atoms with Crippen molar-refractivity contribution in [2.75, 3.05) is 31.6 Å². The SMILES string of the molecule is N=C1c2ccccc2NCN1C(N)C1CCN(CCc2ccccc2)CC1. The van der Waals surface area contributed by atoms with Gasteiger partial charge in [0.05, 0.1) is 12.8 Å². The first kappa shape index (κ1) is 18.0. The fourth-order valence-corrected chi connectivity index (χ4v) is 4.21. The Morgan fingerprint density at radius 1 is 1.04 bits per heavy atom. The van der Waals surface area contributed by atoms with E-state index in [1.54, 1.807) is 0 Å². The standard InChI is InChI=1S/C22H29N5/c23-21(27-16-25-20-9-5-4-8-19(20)22(27)24)18-11-14-26(15-12-18)13-10-17-6-2-1-3-7-17/h1-9,18,21,24-25H,10-16,23H2. The molecular weight excluding hydrogens is 334 g/mol. The summed E-state index contributed by atoms with van der Waals surface area (Å²) >= 11 is 0. The third-order valence-corrected chi connectivity index (χ3v) is 5.94. The molecule has 27 heavy (non-hydrogen) atoms. The average molecular weight is 364 g/mol. The highest BCUT2D eigenvalue weighted by Crippen LogP contribution is 2.27. The molecule has 0 spiro atoms. The minimum atomic E-state index is -0.102. The molecule has 2 heterocycles. The molecule has 0 aliphatic carbocycles. The molecule has 142 valence electrons. The van der Waals surface area contributed by atoms with E-state index in [1.807, 2.05) is 29.2 Å². The van der Waals surface area contributed by atoms with Gasteiger partial charge in [-0.1, -0.05) is 42.5 Å². The number of para-hydroxylation sites is 1. The molecule has 0 amide bonds. The Bertz CT molecular complexity index is 767. The minimum Gasteiger partial charge on any atom is -0.367 e. The van der Waals surface area contributed by atoms with E-state index in [1.165, 1.54) is 5.56 Å². The number of rotatable bonds is 5. The number of amidine groups is 1. The number of hydrogen-bond acceptors (Lipinski definition) is 4. The Morgan fingerprint density at radius 2 is 1.74 bits per heavy atom. The Balaban J connectivity index is 1.30. The Morgan fingerprint density at radius 3 is 2.52 bits per heavy atom. The van der Waals surface area contributed by atoms with Gasteiger partial charge in [0.1, 0.15) is 5.84 Å². The number of nitrogens with one attached hydrogen (secondary N) is 2. The van der Waals surface area contributed by atoms with Gasteiger partial charge in [0, 0.05) is 17.8 Å². The van der Waals surface area contributed by atoms with E-state index in [4.69, 9.17) is 11.1 Å². The van der Waals surface area contributed by atoms with Crippen molar-refractivity contribution in [1.82, 2.24) is 9.80 Å². The third-order valence-electron chi connectivity index (χ3n) is 5.94. The summed E-state index contributed by atoms with van der Waals surface area (Å²) in [5, 5.41) is 12.0. The maximum absolute atomic E-state index is 8.57. The molecule has 4 rings (SSSR count). The molecule has 0 saturated carbocycles. The second-order valence-electron chi connectivity index (χ2n) is 7.60. The summed E-state index contributed by atoms with van der Waals surface area (Å²) in [5.41, 5.74) is 9.99. The van der Waals surface area contributed by atoms with E-state index in [0.29, 0.717) is 18.4 Å². The molecule has 0 aromatic heterocycles. The number of benzene rings is 2. The first-order chi connectivity index (χ1) is 13.2. The quantitative estimate of drug-likeness (QED) is 0.764. The number of fused-ring (bicyclic) bond motifs is 1. The summed E-state index contributed by atoms with van der Waals surface area (Å²) in [6.07, 6.45) is 3.20. The van der Waals surface area contributed by atoms with E-state index in [-0.39, 0.29) is 6.17 Å². The number of likely N-dealkylation sites (tertiary alicyclic amines) is 1. The van der Waals surface area contributed by atoms with E-state index in [9.17, 15) is 0 Å². The molecule has 0 radical (unpaired) electrons. The summed E-state index contributed by atoms with van der Waals surface area (Å²) in [6.45, 7) is 3.92. The van der Waals surface area contributed by atoms with Crippen LogP contribution in [0.4, 0.5) is 5.69 Å². The molecule has 1 unspecified atom stereocenters. The van der Waals surface area contributed by atoms with Crippen LogP contribution in [0.15, 0.2) is 54.6 Å². The first-order valence-electron chi connectivity index (χ1n) is 9.93. The van der Waals surface area contributed by atoms with Crippen molar-refractivity contribution in [2.45, 2.75) is 25.4 Å². The number of anilines is 1. The topological polar surface area (TPSA) is 68.4 Å². The van der Waals surface area contributed by atoms with Gasteiger partial charge < -0.3 is 20.9 Å². The molecule has 2 aliphatic rings. The largest absolute Gasteiger partial charge is 0.367 e. The lowest BCUT2D eigenvalue weighted by molar-refractivity contribution is 0.129. The summed E-state index contributed by atoms with van der Waals surface area (Å²) in [7, 11) is 0. The van der Waals surface area contributed by atoms with Crippen molar-refractivity contribution in [2.24, 2.45) is 11.7 Å². The molecule has 1 saturated heterocycles. The van der Waals surface area contributed by atoms with Crippen LogP contribution < -0.4 is 11.1 Å². The zero-order chi connectivity index (χ0) is 18.6. The molecule has 0 bridgehead atoms. The van der Waals surface area contributed by atoms with E-state index in [2.05, 4.69) is 40.5 Å². The Hall–Kier alpha value is -2.37. The number of nitrogens with two attached hydrogens (primary N) is 1. The minimum absolute atomic E-state index is 0.102. The zero-order valence-corrected chi connectivity index (χ0v) is 15.8. The van der Waals surface area contributed by atoms with Gasteiger partial charge in [-0.05, 0) is 56.0 Å². The molecular formula is C22H29N5. The van der Waals surface area contributed by atoms with Crippen LogP contribution in [-0.2, 0) is 6.42 Å². The van der Waals surface area contributed by atoms with Crippen molar-refractivity contribution >= 4 is 11.5 Å². The molecule has 1 atom stereocenters. The van der Waals surface area contributed by atoms with Gasteiger partial charge in [-0.2, -0.15) is 0 Å². The Kier molecular flexibility index (Phi) is 5.41. The maximum Gasteiger partial charge on any atom is 0.132 e. The summed E-state index contributed by atoms with van der Waals surface area (Å²) in [6, 6.07) is 18.7. The Labute approximate surface area is 161 Å². The molecule has 2 aromatic carbocycles. The van der Waals surface area contributed by atoms with Crippen LogP contribution in [0.2, 0.25) is 0 Å². The highest BCUT2D eigenvalue weighted by atomic mass is 15.3. The third kappa shape index (κ3) is 3.99. The van der Waals surface area contributed by atoms with Crippen molar-refractivity contribution < 1.29 is 0 Å². The van der Waals surface area contributed by atoms with Gasteiger partial charge in [-0.15, -0.1) is 0 Å². The van der Waals surface area contributed by atoms with Crippen LogP contribution >= 0.6 is 0 Å². The van der Waals surface area contributed by atoms with Crippen LogP contribution in [0.25, 0.3) is 0 Å². The van der Waals surface area contributed by atoms with E-state index >= 15 is 0 Å². The van der Waals surface area contributed by atoms with Gasteiger partial charge >= 0.3 is 0 Å². The molecule has 5 nitrogen and oxygen atoms in total. The van der Waals surface area contributed by atoms with Crippen molar-refractivity contribution in [1.29, 1.82) is 5.41 Å². The van der Waals surface area contributed by atoms with Crippen LogP contribution in [0.3, 0.4) is 0 Å². The second kappa shape index (κ2) is 8.11. The lowest BCUT2D eigenvalue weighted by Crippen LogP contribution is -2.55. The van der Waals surface area contributed by atoms with Crippen molar-refractivity contribution in [3.63, 3.8) is 0 Å². The monoisotopic (exact) mass is 363 g/mol. The summed E-state index contributed by atoms with van der Waals surface area (Å²) < 4.78 is 0. The van der Waals surface area contributed by atoms with Crippen molar-refractivity contribution in [3.05, 3.63) is 65.7 Å². The van der Waals surface area contributed by atoms with Gasteiger partial charge in [0.25, 0.3) is 0 Å². The highest BCUT2D eigenvalue weighted by Gasteiger charge is 2.32. The van der Waals surface area contributed by atoms with Gasteiger partial charge in [-0.3, -0.25) is 5.41 Å². The number of piperidine rings is 1. The average Bonchev–Trinajstić information content (AvgIpc) is 2.73. The summed E-state index contributed by atoms with van der Waals surface area (Å²) in [4.78, 5) is 4.57. The second-order valence-corrected chi connectivity index (χ2v) is 7.60. The molecule has 2 aromatic rings. The normalized spacial score (nSPS) is 19.4.